The van der Waals surface area contributed by atoms with Crippen molar-refractivity contribution in [2.75, 3.05) is 24.6 Å². The van der Waals surface area contributed by atoms with Crippen molar-refractivity contribution in [1.82, 2.24) is 9.88 Å². The van der Waals surface area contributed by atoms with Crippen LogP contribution in [0.5, 0.6) is 5.88 Å². The Kier molecular flexibility index (Phi) is 4.45. The van der Waals surface area contributed by atoms with Crippen LogP contribution >= 0.6 is 11.8 Å². The van der Waals surface area contributed by atoms with Gasteiger partial charge in [-0.25, -0.2) is 4.98 Å². The number of likely N-dealkylation sites (tertiary alicyclic amines) is 1. The molecule has 1 aromatic rings. The lowest BCUT2D eigenvalue weighted by atomic mass is 10.1. The van der Waals surface area contributed by atoms with Crippen molar-refractivity contribution in [2.24, 2.45) is 0 Å². The monoisotopic (exact) mass is 292 g/mol. The molecule has 1 amide bonds. The van der Waals surface area contributed by atoms with Crippen LogP contribution in [0.3, 0.4) is 0 Å². The molecule has 0 saturated carbocycles. The van der Waals surface area contributed by atoms with Crippen molar-refractivity contribution >= 4 is 17.7 Å². The molecule has 3 rings (SSSR count). The number of nitrogens with zero attached hydrogens (tertiary/aromatic N) is 2. The summed E-state index contributed by atoms with van der Waals surface area (Å²) in [5.41, 5.74) is 0.617. The molecule has 0 radical (unpaired) electrons. The first-order valence-corrected chi connectivity index (χ1v) is 8.49. The van der Waals surface area contributed by atoms with Gasteiger partial charge in [-0.05, 0) is 43.6 Å². The lowest BCUT2D eigenvalue weighted by Gasteiger charge is -2.27. The van der Waals surface area contributed by atoms with Gasteiger partial charge in [-0.1, -0.05) is 0 Å². The second-order valence-electron chi connectivity index (χ2n) is 5.31. The predicted molar refractivity (Wildman–Crippen MR) is 80.3 cm³/mol. The highest BCUT2D eigenvalue weighted by Crippen LogP contribution is 2.25. The molecule has 5 heteroatoms. The van der Waals surface area contributed by atoms with Crippen molar-refractivity contribution in [2.45, 2.75) is 31.8 Å². The van der Waals surface area contributed by atoms with E-state index in [1.807, 2.05) is 28.8 Å². The lowest BCUT2D eigenvalue weighted by Crippen LogP contribution is -2.36. The molecule has 4 nitrogen and oxygen atoms in total. The molecule has 108 valence electrons. The van der Waals surface area contributed by atoms with Crippen LogP contribution in [-0.4, -0.2) is 46.5 Å². The minimum absolute atomic E-state index is 0.0680. The number of ether oxygens (including phenoxy) is 1. The molecule has 0 N–H and O–H groups in total. The van der Waals surface area contributed by atoms with Crippen molar-refractivity contribution in [3.63, 3.8) is 0 Å². The predicted octanol–water partition coefficient (Wildman–Crippen LogP) is 2.59. The van der Waals surface area contributed by atoms with E-state index in [-0.39, 0.29) is 12.0 Å². The van der Waals surface area contributed by atoms with E-state index >= 15 is 0 Å². The Morgan fingerprint density at radius 1 is 1.35 bits per heavy atom. The second kappa shape index (κ2) is 6.48. The molecule has 2 saturated heterocycles. The summed E-state index contributed by atoms with van der Waals surface area (Å²) in [5, 5.41) is 0. The van der Waals surface area contributed by atoms with Crippen LogP contribution in [-0.2, 0) is 0 Å². The smallest absolute Gasteiger partial charge is 0.259 e. The van der Waals surface area contributed by atoms with E-state index in [1.54, 1.807) is 6.20 Å². The Bertz CT molecular complexity index is 469. The molecule has 0 aromatic carbocycles. The minimum Gasteiger partial charge on any atom is -0.473 e. The van der Waals surface area contributed by atoms with Crippen LogP contribution in [0, 0.1) is 0 Å². The summed E-state index contributed by atoms with van der Waals surface area (Å²) in [6.07, 6.45) is 6.36. The summed E-state index contributed by atoms with van der Waals surface area (Å²) in [5.74, 6) is 2.70. The van der Waals surface area contributed by atoms with Crippen molar-refractivity contribution < 1.29 is 9.53 Å². The Hall–Kier alpha value is -1.23. The van der Waals surface area contributed by atoms with Gasteiger partial charge in [0.15, 0.2) is 0 Å². The average molecular weight is 292 g/mol. The third kappa shape index (κ3) is 3.08. The highest BCUT2D eigenvalue weighted by molar-refractivity contribution is 7.99. The average Bonchev–Trinajstić information content (AvgIpc) is 3.01. The first-order chi connectivity index (χ1) is 9.84. The molecular formula is C15H20N2O2S. The highest BCUT2D eigenvalue weighted by atomic mass is 32.2. The van der Waals surface area contributed by atoms with E-state index in [4.69, 9.17) is 4.74 Å². The topological polar surface area (TPSA) is 42.4 Å². The van der Waals surface area contributed by atoms with Crippen molar-refractivity contribution in [1.29, 1.82) is 0 Å². The van der Waals surface area contributed by atoms with Crippen LogP contribution < -0.4 is 4.74 Å². The summed E-state index contributed by atoms with van der Waals surface area (Å²) in [7, 11) is 0. The largest absolute Gasteiger partial charge is 0.473 e. The number of piperidine rings is 1. The number of aromatic nitrogens is 1. The number of rotatable bonds is 3. The van der Waals surface area contributed by atoms with Gasteiger partial charge in [0, 0.05) is 25.0 Å². The van der Waals surface area contributed by atoms with Gasteiger partial charge < -0.3 is 9.64 Å². The maximum absolute atomic E-state index is 12.6. The van der Waals surface area contributed by atoms with E-state index < -0.39 is 0 Å². The molecule has 2 aliphatic heterocycles. The maximum Gasteiger partial charge on any atom is 0.259 e. The number of hydrogen-bond donors (Lipinski definition) is 0. The summed E-state index contributed by atoms with van der Waals surface area (Å²) in [4.78, 5) is 18.8. The normalized spacial score (nSPS) is 22.8. The molecule has 2 fully saturated rings. The highest BCUT2D eigenvalue weighted by Gasteiger charge is 2.24. The fourth-order valence-corrected chi connectivity index (χ4v) is 3.77. The Labute approximate surface area is 123 Å². The summed E-state index contributed by atoms with van der Waals surface area (Å²) < 4.78 is 5.94. The van der Waals surface area contributed by atoms with Gasteiger partial charge in [0.05, 0.1) is 0 Å². The fraction of sp³-hybridized carbons (Fsp3) is 0.600. The molecule has 0 spiro atoms. The number of amides is 1. The van der Waals surface area contributed by atoms with E-state index in [0.29, 0.717) is 11.4 Å². The quantitative estimate of drug-likeness (QED) is 0.859. The zero-order chi connectivity index (χ0) is 13.8. The van der Waals surface area contributed by atoms with Crippen LogP contribution in [0.15, 0.2) is 18.3 Å². The van der Waals surface area contributed by atoms with Gasteiger partial charge >= 0.3 is 0 Å². The van der Waals surface area contributed by atoms with Crippen LogP contribution in [0.4, 0.5) is 0 Å². The fourth-order valence-electron chi connectivity index (χ4n) is 2.68. The van der Waals surface area contributed by atoms with Crippen molar-refractivity contribution in [3.8, 4) is 5.88 Å². The Morgan fingerprint density at radius 2 is 2.20 bits per heavy atom. The van der Waals surface area contributed by atoms with Crippen molar-refractivity contribution in [3.05, 3.63) is 23.9 Å². The first kappa shape index (κ1) is 13.7. The van der Waals surface area contributed by atoms with E-state index in [1.165, 1.54) is 6.42 Å². The first-order valence-electron chi connectivity index (χ1n) is 7.33. The molecule has 0 aliphatic carbocycles. The third-order valence-corrected chi connectivity index (χ3v) is 4.94. The maximum atomic E-state index is 12.6. The number of pyridine rings is 1. The van der Waals surface area contributed by atoms with E-state index in [9.17, 15) is 4.79 Å². The number of hydrogen-bond acceptors (Lipinski definition) is 4. The van der Waals surface area contributed by atoms with E-state index in [2.05, 4.69) is 4.98 Å². The molecule has 0 unspecified atom stereocenters. The SMILES string of the molecule is O=C(c1cccnc1O[C@H]1CCSC1)N1CCCCC1. The second-order valence-corrected chi connectivity index (χ2v) is 6.46. The zero-order valence-corrected chi connectivity index (χ0v) is 12.4. The minimum atomic E-state index is 0.0680. The van der Waals surface area contributed by atoms with Gasteiger partial charge in [0.1, 0.15) is 11.7 Å². The van der Waals surface area contributed by atoms with Gasteiger partial charge in [-0.3, -0.25) is 4.79 Å². The Morgan fingerprint density at radius 3 is 2.95 bits per heavy atom. The molecule has 0 bridgehead atoms. The zero-order valence-electron chi connectivity index (χ0n) is 11.6. The summed E-state index contributed by atoms with van der Waals surface area (Å²) >= 11 is 1.90. The number of carbonyl (C=O) groups is 1. The number of carbonyl (C=O) groups excluding carboxylic acids is 1. The molecule has 20 heavy (non-hydrogen) atoms. The van der Waals surface area contributed by atoms with Crippen LogP contribution in [0.2, 0.25) is 0 Å². The number of thioether (sulfide) groups is 1. The van der Waals surface area contributed by atoms with E-state index in [0.717, 1.165) is 43.9 Å². The summed E-state index contributed by atoms with van der Waals surface area (Å²) in [6.45, 7) is 1.71. The third-order valence-electron chi connectivity index (χ3n) is 3.81. The standard InChI is InChI=1S/C15H20N2O2S/c18-15(17-8-2-1-3-9-17)13-5-4-7-16-14(13)19-12-6-10-20-11-12/h4-5,7,12H,1-3,6,8-11H2/t12-/m0/s1. The van der Waals surface area contributed by atoms with Crippen LogP contribution in [0.1, 0.15) is 36.0 Å². The van der Waals surface area contributed by atoms with Gasteiger partial charge in [0.25, 0.3) is 5.91 Å². The lowest BCUT2D eigenvalue weighted by molar-refractivity contribution is 0.0716. The molecule has 3 heterocycles. The molecule has 1 atom stereocenters. The van der Waals surface area contributed by atoms with Crippen LogP contribution in [0.25, 0.3) is 0 Å². The van der Waals surface area contributed by atoms with Gasteiger partial charge in [-0.2, -0.15) is 11.8 Å². The molecule has 2 aliphatic rings. The molecule has 1 aromatic heterocycles. The summed E-state index contributed by atoms with van der Waals surface area (Å²) in [6, 6.07) is 3.65. The molecular weight excluding hydrogens is 272 g/mol. The van der Waals surface area contributed by atoms with Gasteiger partial charge in [0.2, 0.25) is 5.88 Å². The Balaban J connectivity index is 1.75. The van der Waals surface area contributed by atoms with Gasteiger partial charge in [-0.15, -0.1) is 0 Å².